The first-order valence-corrected chi connectivity index (χ1v) is 27.2. The number of fused-ring (bicyclic) bond motifs is 7. The van der Waals surface area contributed by atoms with E-state index in [2.05, 4.69) is 33.8 Å². The number of rotatable bonds is 10. The fraction of sp³-hybridized carbons (Fsp3) is 0.906. The Hall–Kier alpha value is -2.57. The van der Waals surface area contributed by atoms with E-state index in [1.807, 2.05) is 6.92 Å². The maximum atomic E-state index is 15.4. The molecule has 24 heteroatoms. The van der Waals surface area contributed by atoms with Crippen molar-refractivity contribution in [1.29, 1.82) is 0 Å². The summed E-state index contributed by atoms with van der Waals surface area (Å²) in [7, 11) is 0. The minimum absolute atomic E-state index is 0.0584. The van der Waals surface area contributed by atoms with Crippen molar-refractivity contribution in [2.45, 2.75) is 242 Å². The van der Waals surface area contributed by atoms with Gasteiger partial charge in [-0.15, -0.1) is 0 Å². The smallest absolute Gasteiger partial charge is 0.335 e. The molecule has 8 fully saturated rings. The Morgan fingerprint density at radius 3 is 1.84 bits per heavy atom. The molecule has 13 N–H and O–H groups in total. The summed E-state index contributed by atoms with van der Waals surface area (Å²) < 4.78 is 47.1. The number of esters is 1. The van der Waals surface area contributed by atoms with Gasteiger partial charge < -0.3 is 104 Å². The van der Waals surface area contributed by atoms with Crippen molar-refractivity contribution in [2.75, 3.05) is 6.61 Å². The summed E-state index contributed by atoms with van der Waals surface area (Å²) in [4.78, 5) is 41.0. The monoisotopic (exact) mass is 1100 g/mol. The minimum atomic E-state index is -2.01. The van der Waals surface area contributed by atoms with Crippen molar-refractivity contribution in [2.24, 2.45) is 50.2 Å². The molecule has 24 nitrogen and oxygen atoms in total. The summed E-state index contributed by atoms with van der Waals surface area (Å²) in [5, 5.41) is 141. The maximum Gasteiger partial charge on any atom is 0.335 e. The fourth-order valence-electron chi connectivity index (χ4n) is 16.2. The highest BCUT2D eigenvalue weighted by Crippen LogP contribution is 2.76. The summed E-state index contributed by atoms with van der Waals surface area (Å²) >= 11 is 0. The number of carbonyl (C=O) groups is 3. The number of carboxylic acid groups (broad SMARTS) is 2. The van der Waals surface area contributed by atoms with Gasteiger partial charge in [0.05, 0.1) is 35.7 Å². The number of carbonyl (C=O) groups excluding carboxylic acids is 1. The second kappa shape index (κ2) is 20.7. The molecule has 0 aromatic rings. The van der Waals surface area contributed by atoms with Gasteiger partial charge in [0, 0.05) is 0 Å². The van der Waals surface area contributed by atoms with Crippen LogP contribution in [0.4, 0.5) is 0 Å². The summed E-state index contributed by atoms with van der Waals surface area (Å²) in [5.74, 6) is -4.76. The van der Waals surface area contributed by atoms with Gasteiger partial charge in [-0.3, -0.25) is 9.59 Å². The molecule has 0 aromatic heterocycles. The van der Waals surface area contributed by atoms with Crippen LogP contribution in [0.2, 0.25) is 0 Å². The molecule has 9 aliphatic rings. The molecule has 0 amide bonds. The summed E-state index contributed by atoms with van der Waals surface area (Å²) in [5.41, 5.74) is -4.03. The van der Waals surface area contributed by atoms with Crippen molar-refractivity contribution in [3.63, 3.8) is 0 Å². The standard InChI is InChI=1S/C53H82O24/c1-20-28(56)31(59)39(75-43-36(64)33(61)37(21(2)72-43)73-42-34(62)29(57)25(55)19-70-42)45(71-20)77-47(69)53-15-13-48(3,4)17-23(53)22-9-10-26-49(5)18-24(54)40(76-44-35(63)30(58)32(60)38(74-44)41(65)66)52(8,46(67)68)27(49)11-12-51(26,7)50(22,6)14-16-53/h9,20-21,23-40,42-45,54-64H,10-19H2,1-8H3,(H,65,66)(H,67,68)/t20-,21-,23-,24-,25+,26+,27+,28-,29-,30-,31+,32-,33-,34+,35+,36+,37-,38-,39+,40-,42+,43-,44-,45-,49+,50+,51+,52-,53-/m0/s1. The van der Waals surface area contributed by atoms with E-state index in [0.29, 0.717) is 51.4 Å². The molecule has 0 bridgehead atoms. The zero-order valence-electron chi connectivity index (χ0n) is 44.8. The predicted octanol–water partition coefficient (Wildman–Crippen LogP) is -1.21. The molecule has 438 valence electrons. The van der Waals surface area contributed by atoms with Crippen molar-refractivity contribution in [1.82, 2.24) is 0 Å². The summed E-state index contributed by atoms with van der Waals surface area (Å²) in [6, 6.07) is 0. The summed E-state index contributed by atoms with van der Waals surface area (Å²) in [6.07, 6.45) is -28.5. The molecule has 0 spiro atoms. The highest BCUT2D eigenvalue weighted by molar-refractivity contribution is 5.79. The molecule has 77 heavy (non-hydrogen) atoms. The van der Waals surface area contributed by atoms with E-state index in [-0.39, 0.29) is 30.3 Å². The zero-order valence-corrected chi connectivity index (χ0v) is 44.8. The van der Waals surface area contributed by atoms with E-state index in [1.54, 1.807) is 0 Å². The first-order chi connectivity index (χ1) is 35.8. The largest absolute Gasteiger partial charge is 0.481 e. The highest BCUT2D eigenvalue weighted by atomic mass is 16.8. The molecular weight excluding hydrogens is 1020 g/mol. The van der Waals surface area contributed by atoms with Crippen molar-refractivity contribution >= 4 is 17.9 Å². The van der Waals surface area contributed by atoms with Crippen LogP contribution in [0, 0.1) is 50.2 Å². The zero-order chi connectivity index (χ0) is 56.6. The van der Waals surface area contributed by atoms with Crippen LogP contribution in [0.5, 0.6) is 0 Å². The molecule has 4 saturated heterocycles. The third kappa shape index (κ3) is 9.33. The molecule has 0 radical (unpaired) electrons. The Morgan fingerprint density at radius 2 is 1.18 bits per heavy atom. The van der Waals surface area contributed by atoms with Crippen LogP contribution in [-0.4, -0.2) is 220 Å². The SMILES string of the molecule is C[C@@H]1O[C@@H](OC(=O)[C@]23CCC(C)(C)C[C@H]2C2=CC[C@@H]4[C@@]5(C)C[C@H](O)[C@H](O[C@@H]6O[C@H](C(=O)O)[C@@H](O)[C@H](O)[C@H]6O)[C@@](C)(C(=O)O)[C@@H]5CC[C@@]4(C)[C@]2(C)CC3)[C@H](O[C@@H]2O[C@@H](C)[C@H](O[C@H]3OC[C@@H](O)[C@H](O)[C@H]3O)[C@@H](O)[C@H]2O)[C@H](O)[C@H]1O. The molecule has 0 unspecified atom stereocenters. The van der Waals surface area contributed by atoms with Crippen molar-refractivity contribution < 1.29 is 119 Å². The number of aliphatic hydroxyl groups excluding tert-OH is 11. The van der Waals surface area contributed by atoms with Crippen LogP contribution in [0.15, 0.2) is 11.6 Å². The number of hydrogen-bond acceptors (Lipinski definition) is 22. The number of carboxylic acids is 2. The number of ether oxygens (including phenoxy) is 8. The predicted molar refractivity (Wildman–Crippen MR) is 258 cm³/mol. The van der Waals surface area contributed by atoms with E-state index in [1.165, 1.54) is 20.8 Å². The Kier molecular flexibility index (Phi) is 15.9. The maximum absolute atomic E-state index is 15.4. The van der Waals surface area contributed by atoms with Gasteiger partial charge >= 0.3 is 17.9 Å². The lowest BCUT2D eigenvalue weighted by molar-refractivity contribution is -0.373. The van der Waals surface area contributed by atoms with Gasteiger partial charge in [-0.25, -0.2) is 4.79 Å². The van der Waals surface area contributed by atoms with E-state index >= 15 is 4.79 Å². The van der Waals surface area contributed by atoms with Crippen LogP contribution < -0.4 is 0 Å². The van der Waals surface area contributed by atoms with Crippen LogP contribution in [-0.2, 0) is 52.3 Å². The lowest BCUT2D eigenvalue weighted by Crippen LogP contribution is -2.70. The van der Waals surface area contributed by atoms with E-state index in [4.69, 9.17) is 37.9 Å². The first kappa shape index (κ1) is 59.1. The van der Waals surface area contributed by atoms with Gasteiger partial charge in [-0.2, -0.15) is 0 Å². The highest BCUT2D eigenvalue weighted by Gasteiger charge is 2.73. The Morgan fingerprint density at radius 1 is 0.584 bits per heavy atom. The van der Waals surface area contributed by atoms with Crippen LogP contribution in [0.3, 0.4) is 0 Å². The number of aliphatic carboxylic acids is 2. The van der Waals surface area contributed by atoms with Gasteiger partial charge in [-0.1, -0.05) is 46.3 Å². The van der Waals surface area contributed by atoms with Gasteiger partial charge in [0.25, 0.3) is 0 Å². The minimum Gasteiger partial charge on any atom is -0.481 e. The molecule has 29 atom stereocenters. The normalized spacial score (nSPS) is 54.6. The van der Waals surface area contributed by atoms with E-state index in [9.17, 15) is 76.0 Å². The summed E-state index contributed by atoms with van der Waals surface area (Å²) in [6.45, 7) is 14.8. The van der Waals surface area contributed by atoms with Gasteiger partial charge in [0.2, 0.25) is 6.29 Å². The Bertz CT molecular complexity index is 2250. The molecule has 9 rings (SSSR count). The second-order valence-electron chi connectivity index (χ2n) is 25.8. The second-order valence-corrected chi connectivity index (χ2v) is 25.8. The number of hydrogen-bond donors (Lipinski definition) is 13. The van der Waals surface area contributed by atoms with Crippen LogP contribution >= 0.6 is 0 Å². The van der Waals surface area contributed by atoms with Crippen molar-refractivity contribution in [3.8, 4) is 0 Å². The van der Waals surface area contributed by atoms with Gasteiger partial charge in [-0.05, 0) is 118 Å². The topological polar surface area (TPSA) is 388 Å². The van der Waals surface area contributed by atoms with Crippen LogP contribution in [0.1, 0.15) is 113 Å². The lowest BCUT2D eigenvalue weighted by atomic mass is 9.33. The molecule has 0 aromatic carbocycles. The Balaban J connectivity index is 0.966. The van der Waals surface area contributed by atoms with E-state index in [0.717, 1.165) is 5.57 Å². The molecule has 4 aliphatic heterocycles. The quantitative estimate of drug-likeness (QED) is 0.0693. The molecule has 5 aliphatic carbocycles. The Labute approximate surface area is 446 Å². The molecule has 4 saturated carbocycles. The van der Waals surface area contributed by atoms with Gasteiger partial charge in [0.1, 0.15) is 73.2 Å². The third-order valence-corrected chi connectivity index (χ3v) is 21.0. The number of aliphatic hydroxyl groups is 11. The first-order valence-electron chi connectivity index (χ1n) is 27.2. The average Bonchev–Trinajstić information content (AvgIpc) is 3.55. The van der Waals surface area contributed by atoms with Crippen molar-refractivity contribution in [3.05, 3.63) is 11.6 Å². The average molecular weight is 1100 g/mol. The van der Waals surface area contributed by atoms with Gasteiger partial charge in [0.15, 0.2) is 31.1 Å². The fourth-order valence-corrected chi connectivity index (χ4v) is 16.2. The third-order valence-electron chi connectivity index (χ3n) is 21.0. The lowest BCUT2D eigenvalue weighted by Gasteiger charge is -2.71. The molecular formula is C53H82O24. The van der Waals surface area contributed by atoms with Crippen LogP contribution in [0.25, 0.3) is 0 Å². The number of allylic oxidation sites excluding steroid dienone is 2. The van der Waals surface area contributed by atoms with E-state index < -0.39 is 180 Å². The molecule has 4 heterocycles.